The molecule has 0 aliphatic carbocycles. The standard InChI is InChI=1S/C16H15Br2NO2/c1-21-10-12-5-3-2-4-11(12)9-19-16(20)14-8-13(17)6-7-15(14)18/h2-8H,9-10H2,1H3,(H,19,20). The monoisotopic (exact) mass is 411 g/mol. The van der Waals surface area contributed by atoms with Gasteiger partial charge in [-0.15, -0.1) is 0 Å². The summed E-state index contributed by atoms with van der Waals surface area (Å²) in [5.41, 5.74) is 2.74. The molecule has 5 heteroatoms. The van der Waals surface area contributed by atoms with Crippen molar-refractivity contribution >= 4 is 37.8 Å². The Labute approximate surface area is 141 Å². The Bertz CT molecular complexity index is 644. The van der Waals surface area contributed by atoms with E-state index in [4.69, 9.17) is 4.74 Å². The third-order valence-corrected chi connectivity index (χ3v) is 4.22. The van der Waals surface area contributed by atoms with E-state index in [2.05, 4.69) is 37.2 Å². The molecule has 2 rings (SSSR count). The number of carbonyl (C=O) groups is 1. The fraction of sp³-hybridized carbons (Fsp3) is 0.188. The van der Waals surface area contributed by atoms with Crippen LogP contribution in [0.25, 0.3) is 0 Å². The first-order valence-electron chi connectivity index (χ1n) is 6.41. The van der Waals surface area contributed by atoms with Gasteiger partial charge in [0.1, 0.15) is 0 Å². The third-order valence-electron chi connectivity index (χ3n) is 3.03. The maximum atomic E-state index is 12.3. The van der Waals surface area contributed by atoms with E-state index >= 15 is 0 Å². The minimum Gasteiger partial charge on any atom is -0.380 e. The molecule has 2 aromatic carbocycles. The number of hydrogen-bond donors (Lipinski definition) is 1. The summed E-state index contributed by atoms with van der Waals surface area (Å²) in [6.45, 7) is 1.00. The number of amides is 1. The summed E-state index contributed by atoms with van der Waals surface area (Å²) in [7, 11) is 1.66. The van der Waals surface area contributed by atoms with Gasteiger partial charge in [-0.2, -0.15) is 0 Å². The van der Waals surface area contributed by atoms with Crippen molar-refractivity contribution in [3.8, 4) is 0 Å². The quantitative estimate of drug-likeness (QED) is 0.795. The molecule has 0 bridgehead atoms. The molecule has 0 aromatic heterocycles. The molecule has 0 radical (unpaired) electrons. The zero-order valence-corrected chi connectivity index (χ0v) is 14.7. The van der Waals surface area contributed by atoms with Gasteiger partial charge in [0.2, 0.25) is 0 Å². The highest BCUT2D eigenvalue weighted by molar-refractivity contribution is 9.11. The Kier molecular flexibility index (Phi) is 5.96. The molecule has 0 aliphatic rings. The zero-order chi connectivity index (χ0) is 15.2. The Morgan fingerprint density at radius 3 is 2.57 bits per heavy atom. The number of halogens is 2. The molecule has 21 heavy (non-hydrogen) atoms. The number of nitrogens with one attached hydrogen (secondary N) is 1. The lowest BCUT2D eigenvalue weighted by Crippen LogP contribution is -2.23. The predicted molar refractivity (Wildman–Crippen MR) is 90.2 cm³/mol. The fourth-order valence-electron chi connectivity index (χ4n) is 1.97. The molecule has 110 valence electrons. The number of methoxy groups -OCH3 is 1. The lowest BCUT2D eigenvalue weighted by atomic mass is 10.1. The predicted octanol–water partition coefficient (Wildman–Crippen LogP) is 4.29. The lowest BCUT2D eigenvalue weighted by molar-refractivity contribution is 0.0949. The van der Waals surface area contributed by atoms with Crippen LogP contribution in [0, 0.1) is 0 Å². The van der Waals surface area contributed by atoms with Crippen LogP contribution in [-0.4, -0.2) is 13.0 Å². The van der Waals surface area contributed by atoms with Crippen molar-refractivity contribution in [2.45, 2.75) is 13.2 Å². The molecule has 1 amide bonds. The Hall–Kier alpha value is -1.17. The first-order chi connectivity index (χ1) is 10.1. The second-order valence-electron chi connectivity index (χ2n) is 4.51. The van der Waals surface area contributed by atoms with Crippen LogP contribution in [-0.2, 0) is 17.9 Å². The van der Waals surface area contributed by atoms with Crippen molar-refractivity contribution in [2.24, 2.45) is 0 Å². The molecule has 0 saturated carbocycles. The van der Waals surface area contributed by atoms with Gasteiger partial charge in [-0.05, 0) is 45.3 Å². The largest absolute Gasteiger partial charge is 0.380 e. The third kappa shape index (κ3) is 4.40. The molecule has 0 aliphatic heterocycles. The van der Waals surface area contributed by atoms with E-state index in [0.717, 1.165) is 20.1 Å². The van der Waals surface area contributed by atoms with Crippen molar-refractivity contribution < 1.29 is 9.53 Å². The van der Waals surface area contributed by atoms with Gasteiger partial charge in [0, 0.05) is 22.6 Å². The van der Waals surface area contributed by atoms with E-state index < -0.39 is 0 Å². The van der Waals surface area contributed by atoms with Gasteiger partial charge in [0.05, 0.1) is 12.2 Å². The normalized spacial score (nSPS) is 10.4. The number of hydrogen-bond acceptors (Lipinski definition) is 2. The first-order valence-corrected chi connectivity index (χ1v) is 7.99. The second kappa shape index (κ2) is 7.73. The van der Waals surface area contributed by atoms with E-state index in [-0.39, 0.29) is 5.91 Å². The van der Waals surface area contributed by atoms with E-state index in [0.29, 0.717) is 18.7 Å². The van der Waals surface area contributed by atoms with Crippen molar-refractivity contribution in [1.29, 1.82) is 0 Å². The van der Waals surface area contributed by atoms with Gasteiger partial charge in [0.25, 0.3) is 5.91 Å². The number of rotatable bonds is 5. The van der Waals surface area contributed by atoms with Crippen molar-refractivity contribution in [2.75, 3.05) is 7.11 Å². The molecule has 0 fully saturated rings. The van der Waals surface area contributed by atoms with Crippen LogP contribution in [0.5, 0.6) is 0 Å². The molecule has 1 N–H and O–H groups in total. The number of carbonyl (C=O) groups excluding carboxylic acids is 1. The smallest absolute Gasteiger partial charge is 0.252 e. The Balaban J connectivity index is 2.09. The Morgan fingerprint density at radius 2 is 1.86 bits per heavy atom. The summed E-state index contributed by atoms with van der Waals surface area (Å²) in [6.07, 6.45) is 0. The molecule has 0 unspecified atom stereocenters. The molecule has 0 atom stereocenters. The van der Waals surface area contributed by atoms with Gasteiger partial charge in [-0.25, -0.2) is 0 Å². The highest BCUT2D eigenvalue weighted by Gasteiger charge is 2.11. The molecular weight excluding hydrogens is 398 g/mol. The lowest BCUT2D eigenvalue weighted by Gasteiger charge is -2.11. The minimum absolute atomic E-state index is 0.115. The van der Waals surface area contributed by atoms with Crippen LogP contribution >= 0.6 is 31.9 Å². The Morgan fingerprint density at radius 1 is 1.14 bits per heavy atom. The highest BCUT2D eigenvalue weighted by atomic mass is 79.9. The summed E-state index contributed by atoms with van der Waals surface area (Å²) >= 11 is 6.77. The molecule has 0 spiro atoms. The van der Waals surface area contributed by atoms with Crippen LogP contribution in [0.15, 0.2) is 51.4 Å². The van der Waals surface area contributed by atoms with E-state index in [1.54, 1.807) is 13.2 Å². The summed E-state index contributed by atoms with van der Waals surface area (Å²) < 4.78 is 6.81. The van der Waals surface area contributed by atoms with E-state index in [9.17, 15) is 4.79 Å². The second-order valence-corrected chi connectivity index (χ2v) is 6.28. The van der Waals surface area contributed by atoms with Crippen molar-refractivity contribution in [1.82, 2.24) is 5.32 Å². The number of benzene rings is 2. The molecule has 0 saturated heterocycles. The minimum atomic E-state index is -0.115. The van der Waals surface area contributed by atoms with Crippen LogP contribution < -0.4 is 5.32 Å². The zero-order valence-electron chi connectivity index (χ0n) is 11.5. The topological polar surface area (TPSA) is 38.3 Å². The van der Waals surface area contributed by atoms with Crippen molar-refractivity contribution in [3.63, 3.8) is 0 Å². The van der Waals surface area contributed by atoms with Gasteiger partial charge >= 0.3 is 0 Å². The summed E-state index contributed by atoms with van der Waals surface area (Å²) in [5.74, 6) is -0.115. The molecule has 2 aromatic rings. The van der Waals surface area contributed by atoms with Crippen LogP contribution in [0.1, 0.15) is 21.5 Å². The summed E-state index contributed by atoms with van der Waals surface area (Å²) in [4.78, 5) is 12.3. The maximum Gasteiger partial charge on any atom is 0.252 e. The molecular formula is C16H15Br2NO2. The fourth-order valence-corrected chi connectivity index (χ4v) is 2.76. The van der Waals surface area contributed by atoms with Gasteiger partial charge < -0.3 is 10.1 Å². The maximum absolute atomic E-state index is 12.3. The van der Waals surface area contributed by atoms with Crippen molar-refractivity contribution in [3.05, 3.63) is 68.1 Å². The average Bonchev–Trinajstić information content (AvgIpc) is 2.49. The van der Waals surface area contributed by atoms with Gasteiger partial charge in [-0.1, -0.05) is 40.2 Å². The first kappa shape index (κ1) is 16.2. The van der Waals surface area contributed by atoms with E-state index in [1.165, 1.54) is 0 Å². The van der Waals surface area contributed by atoms with E-state index in [1.807, 2.05) is 36.4 Å². The summed E-state index contributed by atoms with van der Waals surface area (Å²) in [6, 6.07) is 13.4. The molecule has 3 nitrogen and oxygen atoms in total. The highest BCUT2D eigenvalue weighted by Crippen LogP contribution is 2.21. The van der Waals surface area contributed by atoms with Gasteiger partial charge in [0.15, 0.2) is 0 Å². The summed E-state index contributed by atoms with van der Waals surface area (Å²) in [5, 5.41) is 2.94. The number of ether oxygens (including phenoxy) is 1. The SMILES string of the molecule is COCc1ccccc1CNC(=O)c1cc(Br)ccc1Br. The van der Waals surface area contributed by atoms with Crippen LogP contribution in [0.2, 0.25) is 0 Å². The van der Waals surface area contributed by atoms with Crippen LogP contribution in [0.3, 0.4) is 0 Å². The molecule has 0 heterocycles. The average molecular weight is 413 g/mol. The van der Waals surface area contributed by atoms with Gasteiger partial charge in [-0.3, -0.25) is 4.79 Å². The van der Waals surface area contributed by atoms with Crippen LogP contribution in [0.4, 0.5) is 0 Å².